The number of halogens is 1. The van der Waals surface area contributed by atoms with Gasteiger partial charge in [0.05, 0.1) is 0 Å². The SMILES string of the molecule is Cc1oc2ccccc2c1S(=O)(=O)Cl. The summed E-state index contributed by atoms with van der Waals surface area (Å²) in [5.41, 5.74) is 0.532. The number of para-hydroxylation sites is 1. The Labute approximate surface area is 85.7 Å². The van der Waals surface area contributed by atoms with Crippen LogP contribution in [-0.2, 0) is 9.05 Å². The van der Waals surface area contributed by atoms with Gasteiger partial charge in [-0.2, -0.15) is 0 Å². The Hall–Kier alpha value is -1.00. The van der Waals surface area contributed by atoms with Gasteiger partial charge in [-0.1, -0.05) is 12.1 Å². The van der Waals surface area contributed by atoms with Crippen LogP contribution in [0.25, 0.3) is 11.0 Å². The number of hydrogen-bond acceptors (Lipinski definition) is 3. The highest BCUT2D eigenvalue weighted by molar-refractivity contribution is 8.14. The van der Waals surface area contributed by atoms with E-state index in [1.807, 2.05) is 0 Å². The Morgan fingerprint density at radius 3 is 2.57 bits per heavy atom. The molecule has 0 N–H and O–H groups in total. The molecule has 2 rings (SSSR count). The predicted molar refractivity (Wildman–Crippen MR) is 54.0 cm³/mol. The monoisotopic (exact) mass is 230 g/mol. The molecule has 2 aromatic rings. The third-order valence-corrected chi connectivity index (χ3v) is 3.42. The molecular weight excluding hydrogens is 224 g/mol. The fourth-order valence-electron chi connectivity index (χ4n) is 1.45. The lowest BCUT2D eigenvalue weighted by atomic mass is 10.2. The summed E-state index contributed by atoms with van der Waals surface area (Å²) in [6.45, 7) is 1.58. The Morgan fingerprint density at radius 2 is 1.93 bits per heavy atom. The number of rotatable bonds is 1. The minimum absolute atomic E-state index is 0.0646. The summed E-state index contributed by atoms with van der Waals surface area (Å²) in [5.74, 6) is 0.321. The summed E-state index contributed by atoms with van der Waals surface area (Å²) in [5, 5.41) is 0.528. The van der Waals surface area contributed by atoms with E-state index < -0.39 is 9.05 Å². The summed E-state index contributed by atoms with van der Waals surface area (Å²) in [6.07, 6.45) is 0. The summed E-state index contributed by atoms with van der Waals surface area (Å²) < 4.78 is 27.7. The fourth-order valence-corrected chi connectivity index (χ4v) is 2.84. The second-order valence-corrected chi connectivity index (χ2v) is 5.42. The minimum atomic E-state index is -3.74. The van der Waals surface area contributed by atoms with Gasteiger partial charge in [0.25, 0.3) is 9.05 Å². The van der Waals surface area contributed by atoms with Gasteiger partial charge < -0.3 is 4.42 Å². The largest absolute Gasteiger partial charge is 0.460 e. The molecule has 5 heteroatoms. The average Bonchev–Trinajstić information content (AvgIpc) is 2.38. The number of hydrogen-bond donors (Lipinski definition) is 0. The van der Waals surface area contributed by atoms with Crippen molar-refractivity contribution in [3.05, 3.63) is 30.0 Å². The van der Waals surface area contributed by atoms with Crippen molar-refractivity contribution in [2.45, 2.75) is 11.8 Å². The third kappa shape index (κ3) is 1.40. The molecule has 0 amide bonds. The molecule has 0 aliphatic heterocycles. The first-order valence-electron chi connectivity index (χ1n) is 3.93. The smallest absolute Gasteiger partial charge is 0.265 e. The first-order valence-corrected chi connectivity index (χ1v) is 6.24. The van der Waals surface area contributed by atoms with Crippen LogP contribution in [0.1, 0.15) is 5.76 Å². The van der Waals surface area contributed by atoms with Crippen LogP contribution in [0.2, 0.25) is 0 Å². The van der Waals surface area contributed by atoms with Crippen LogP contribution in [0, 0.1) is 6.92 Å². The quantitative estimate of drug-likeness (QED) is 0.708. The van der Waals surface area contributed by atoms with Gasteiger partial charge in [-0.3, -0.25) is 0 Å². The van der Waals surface area contributed by atoms with Gasteiger partial charge in [-0.05, 0) is 19.1 Å². The van der Waals surface area contributed by atoms with Crippen molar-refractivity contribution in [3.63, 3.8) is 0 Å². The van der Waals surface area contributed by atoms with E-state index in [2.05, 4.69) is 0 Å². The molecular formula is C9H7ClO3S. The topological polar surface area (TPSA) is 47.3 Å². The van der Waals surface area contributed by atoms with Crippen LogP contribution in [0.4, 0.5) is 0 Å². The molecule has 0 radical (unpaired) electrons. The van der Waals surface area contributed by atoms with E-state index in [1.165, 1.54) is 0 Å². The van der Waals surface area contributed by atoms with Gasteiger partial charge in [-0.25, -0.2) is 8.42 Å². The molecule has 14 heavy (non-hydrogen) atoms. The summed E-state index contributed by atoms with van der Waals surface area (Å²) >= 11 is 0. The molecule has 1 aromatic heterocycles. The number of aryl methyl sites for hydroxylation is 1. The molecule has 1 aromatic carbocycles. The van der Waals surface area contributed by atoms with E-state index in [0.717, 1.165) is 0 Å². The van der Waals surface area contributed by atoms with Gasteiger partial charge in [0.2, 0.25) is 0 Å². The van der Waals surface area contributed by atoms with Crippen molar-refractivity contribution in [1.29, 1.82) is 0 Å². The maximum Gasteiger partial charge on any atom is 0.265 e. The number of benzene rings is 1. The maximum absolute atomic E-state index is 11.2. The third-order valence-electron chi connectivity index (χ3n) is 1.96. The van der Waals surface area contributed by atoms with Crippen LogP contribution in [0.5, 0.6) is 0 Å². The zero-order chi connectivity index (χ0) is 10.3. The van der Waals surface area contributed by atoms with E-state index in [4.69, 9.17) is 15.1 Å². The Kier molecular flexibility index (Phi) is 2.05. The van der Waals surface area contributed by atoms with Crippen molar-refractivity contribution >= 4 is 30.7 Å². The molecule has 0 aliphatic carbocycles. The molecule has 74 valence electrons. The first-order chi connectivity index (χ1) is 6.50. The van der Waals surface area contributed by atoms with Gasteiger partial charge in [0.1, 0.15) is 16.2 Å². The van der Waals surface area contributed by atoms with Gasteiger partial charge >= 0.3 is 0 Å². The summed E-state index contributed by atoms with van der Waals surface area (Å²) in [6, 6.07) is 6.88. The molecule has 0 unspecified atom stereocenters. The Morgan fingerprint density at radius 1 is 1.29 bits per heavy atom. The zero-order valence-electron chi connectivity index (χ0n) is 7.32. The van der Waals surface area contributed by atoms with E-state index in [-0.39, 0.29) is 4.90 Å². The van der Waals surface area contributed by atoms with E-state index in [1.54, 1.807) is 31.2 Å². The molecule has 0 saturated heterocycles. The molecule has 0 aliphatic rings. The highest BCUT2D eigenvalue weighted by Gasteiger charge is 2.21. The van der Waals surface area contributed by atoms with E-state index >= 15 is 0 Å². The van der Waals surface area contributed by atoms with Crippen LogP contribution in [0.3, 0.4) is 0 Å². The van der Waals surface area contributed by atoms with Crippen LogP contribution >= 0.6 is 10.7 Å². The maximum atomic E-state index is 11.2. The van der Waals surface area contributed by atoms with Crippen molar-refractivity contribution in [3.8, 4) is 0 Å². The summed E-state index contributed by atoms with van der Waals surface area (Å²) in [4.78, 5) is 0.0646. The van der Waals surface area contributed by atoms with Crippen LogP contribution in [-0.4, -0.2) is 8.42 Å². The van der Waals surface area contributed by atoms with Crippen molar-refractivity contribution in [1.82, 2.24) is 0 Å². The second-order valence-electron chi connectivity index (χ2n) is 2.92. The summed E-state index contributed by atoms with van der Waals surface area (Å²) in [7, 11) is 1.56. The minimum Gasteiger partial charge on any atom is -0.460 e. The zero-order valence-corrected chi connectivity index (χ0v) is 8.89. The van der Waals surface area contributed by atoms with Gasteiger partial charge in [0, 0.05) is 16.1 Å². The van der Waals surface area contributed by atoms with Crippen molar-refractivity contribution in [2.24, 2.45) is 0 Å². The highest BCUT2D eigenvalue weighted by atomic mass is 35.7. The Bertz CT molecular complexity index is 583. The lowest BCUT2D eigenvalue weighted by Crippen LogP contribution is -1.90. The standard InChI is InChI=1S/C9H7ClO3S/c1-6-9(14(10,11)12)7-4-2-3-5-8(7)13-6/h2-5H,1H3. The second kappa shape index (κ2) is 3.00. The predicted octanol–water partition coefficient (Wildman–Crippen LogP) is 2.67. The lowest BCUT2D eigenvalue weighted by Gasteiger charge is -1.92. The molecule has 1 heterocycles. The lowest BCUT2D eigenvalue weighted by molar-refractivity contribution is 0.561. The fraction of sp³-hybridized carbons (Fsp3) is 0.111. The molecule has 0 bridgehead atoms. The highest BCUT2D eigenvalue weighted by Crippen LogP contribution is 2.31. The number of fused-ring (bicyclic) bond motifs is 1. The molecule has 0 fully saturated rings. The van der Waals surface area contributed by atoms with E-state index in [9.17, 15) is 8.42 Å². The van der Waals surface area contributed by atoms with Crippen LogP contribution in [0.15, 0.2) is 33.6 Å². The molecule has 3 nitrogen and oxygen atoms in total. The molecule has 0 saturated carbocycles. The van der Waals surface area contributed by atoms with Gasteiger partial charge in [0.15, 0.2) is 0 Å². The van der Waals surface area contributed by atoms with Crippen LogP contribution < -0.4 is 0 Å². The first kappa shape index (κ1) is 9.55. The molecule has 0 spiro atoms. The van der Waals surface area contributed by atoms with E-state index in [0.29, 0.717) is 16.7 Å². The normalized spacial score (nSPS) is 12.1. The molecule has 0 atom stereocenters. The van der Waals surface area contributed by atoms with Crippen molar-refractivity contribution < 1.29 is 12.8 Å². The Balaban J connectivity index is 2.95. The van der Waals surface area contributed by atoms with Gasteiger partial charge in [-0.15, -0.1) is 0 Å². The average molecular weight is 231 g/mol. The number of furan rings is 1. The van der Waals surface area contributed by atoms with Crippen molar-refractivity contribution in [2.75, 3.05) is 0 Å².